The summed E-state index contributed by atoms with van der Waals surface area (Å²) in [5, 5.41) is 10.5. The van der Waals surface area contributed by atoms with Crippen LogP contribution in [-0.4, -0.2) is 36.2 Å². The van der Waals surface area contributed by atoms with Gasteiger partial charge in [-0.25, -0.2) is 0 Å². The van der Waals surface area contributed by atoms with Crippen LogP contribution in [0, 0.1) is 0 Å². The first kappa shape index (κ1) is 15.6. The third-order valence-corrected chi connectivity index (χ3v) is 4.57. The van der Waals surface area contributed by atoms with Crippen LogP contribution in [0.3, 0.4) is 0 Å². The van der Waals surface area contributed by atoms with Gasteiger partial charge in [0.2, 0.25) is 5.91 Å². The molecule has 0 aromatic heterocycles. The summed E-state index contributed by atoms with van der Waals surface area (Å²) >= 11 is 0. The van der Waals surface area contributed by atoms with Crippen molar-refractivity contribution in [1.82, 2.24) is 4.90 Å². The van der Waals surface area contributed by atoms with Crippen molar-refractivity contribution in [2.24, 2.45) is 0 Å². The van der Waals surface area contributed by atoms with Crippen molar-refractivity contribution in [1.29, 1.82) is 0 Å². The van der Waals surface area contributed by atoms with Crippen LogP contribution in [0.4, 0.5) is 5.69 Å². The number of hydrogen-bond donors (Lipinski definition) is 1. The van der Waals surface area contributed by atoms with Gasteiger partial charge in [0.25, 0.3) is 0 Å². The summed E-state index contributed by atoms with van der Waals surface area (Å²) in [5.74, 6) is -0.483. The molecule has 0 spiro atoms. The van der Waals surface area contributed by atoms with Gasteiger partial charge in [0.05, 0.1) is 6.04 Å². The fraction of sp³-hybridized carbons (Fsp3) is 0.316. The second-order valence-corrected chi connectivity index (χ2v) is 6.21. The number of amides is 1. The Bertz CT molecular complexity index is 682. The number of carbonyl (C=O) groups is 1. The third kappa shape index (κ3) is 2.70. The predicted molar refractivity (Wildman–Crippen MR) is 91.2 cm³/mol. The average Bonchev–Trinajstić information content (AvgIpc) is 2.56. The van der Waals surface area contributed by atoms with Crippen LogP contribution in [0.25, 0.3) is 0 Å². The van der Waals surface area contributed by atoms with Crippen LogP contribution in [0.1, 0.15) is 30.0 Å². The Labute approximate surface area is 137 Å². The van der Waals surface area contributed by atoms with Crippen LogP contribution in [-0.2, 0) is 4.79 Å². The summed E-state index contributed by atoms with van der Waals surface area (Å²) < 4.78 is 0. The summed E-state index contributed by atoms with van der Waals surface area (Å²) in [4.78, 5) is 16.1. The molecule has 3 atom stereocenters. The highest BCUT2D eigenvalue weighted by Crippen LogP contribution is 2.40. The highest BCUT2D eigenvalue weighted by Gasteiger charge is 2.49. The molecule has 4 nitrogen and oxygen atoms in total. The summed E-state index contributed by atoms with van der Waals surface area (Å²) in [6.07, 6.45) is -0.775. The Hall–Kier alpha value is -2.33. The fourth-order valence-electron chi connectivity index (χ4n) is 3.10. The van der Waals surface area contributed by atoms with Crippen LogP contribution < -0.4 is 4.90 Å². The fourth-order valence-corrected chi connectivity index (χ4v) is 3.10. The first-order valence-electron chi connectivity index (χ1n) is 7.83. The maximum Gasteiger partial charge on any atom is 0.237 e. The Morgan fingerprint density at radius 1 is 1.04 bits per heavy atom. The smallest absolute Gasteiger partial charge is 0.237 e. The molecule has 4 heteroatoms. The van der Waals surface area contributed by atoms with E-state index in [1.165, 1.54) is 0 Å². The van der Waals surface area contributed by atoms with E-state index in [9.17, 15) is 9.90 Å². The molecule has 1 amide bonds. The normalized spacial score (nSPS) is 21.7. The Kier molecular flexibility index (Phi) is 4.09. The molecule has 0 bridgehead atoms. The zero-order valence-corrected chi connectivity index (χ0v) is 13.7. The molecule has 1 N–H and O–H groups in total. The monoisotopic (exact) mass is 310 g/mol. The first-order valence-corrected chi connectivity index (χ1v) is 7.83. The maximum atomic E-state index is 12.6. The topological polar surface area (TPSA) is 43.8 Å². The Morgan fingerprint density at radius 2 is 1.65 bits per heavy atom. The lowest BCUT2D eigenvalue weighted by Gasteiger charge is -2.47. The van der Waals surface area contributed by atoms with Crippen LogP contribution in [0.15, 0.2) is 54.6 Å². The summed E-state index contributed by atoms with van der Waals surface area (Å²) in [5.41, 5.74) is 2.97. The molecule has 1 saturated heterocycles. The highest BCUT2D eigenvalue weighted by atomic mass is 16.3. The molecular weight excluding hydrogens is 288 g/mol. The molecule has 0 radical (unpaired) electrons. The van der Waals surface area contributed by atoms with E-state index in [1.807, 2.05) is 80.5 Å². The van der Waals surface area contributed by atoms with Crippen LogP contribution >= 0.6 is 0 Å². The summed E-state index contributed by atoms with van der Waals surface area (Å²) in [7, 11) is 3.95. The minimum absolute atomic E-state index is 0.0218. The van der Waals surface area contributed by atoms with Crippen molar-refractivity contribution in [3.63, 3.8) is 0 Å². The molecule has 1 aliphatic rings. The molecule has 23 heavy (non-hydrogen) atoms. The lowest BCUT2D eigenvalue weighted by molar-refractivity contribution is -0.177. The second kappa shape index (κ2) is 6.05. The van der Waals surface area contributed by atoms with E-state index in [4.69, 9.17) is 0 Å². The summed E-state index contributed by atoms with van der Waals surface area (Å²) in [6.45, 7) is 1.95. The molecule has 1 fully saturated rings. The van der Waals surface area contributed by atoms with Gasteiger partial charge in [0.1, 0.15) is 12.1 Å². The first-order chi connectivity index (χ1) is 11.0. The number of hydrogen-bond acceptors (Lipinski definition) is 3. The zero-order chi connectivity index (χ0) is 16.6. The van der Waals surface area contributed by atoms with E-state index in [0.717, 1.165) is 16.8 Å². The number of benzene rings is 2. The number of rotatable bonds is 4. The van der Waals surface area contributed by atoms with Crippen molar-refractivity contribution >= 4 is 11.6 Å². The standard InChI is InChI=1S/C19H22N2O2/c1-13(14-7-5-4-6-8-14)21-18(22)17(19(21)23)15-9-11-16(12-10-15)20(2)3/h4-13,17-18,22H,1-3H3. The minimum Gasteiger partial charge on any atom is -0.378 e. The van der Waals surface area contributed by atoms with E-state index in [0.29, 0.717) is 0 Å². The number of aliphatic hydroxyl groups is 1. The third-order valence-electron chi connectivity index (χ3n) is 4.57. The van der Waals surface area contributed by atoms with Gasteiger partial charge in [-0.3, -0.25) is 4.79 Å². The van der Waals surface area contributed by atoms with E-state index in [1.54, 1.807) is 4.90 Å². The molecule has 2 aromatic rings. The lowest BCUT2D eigenvalue weighted by atomic mass is 9.85. The highest BCUT2D eigenvalue weighted by molar-refractivity contribution is 5.91. The van der Waals surface area contributed by atoms with Gasteiger partial charge in [0, 0.05) is 19.8 Å². The molecule has 120 valence electrons. The van der Waals surface area contributed by atoms with Crippen molar-refractivity contribution < 1.29 is 9.90 Å². The van der Waals surface area contributed by atoms with Crippen LogP contribution in [0.2, 0.25) is 0 Å². The molecule has 0 aliphatic carbocycles. The average molecular weight is 310 g/mol. The zero-order valence-electron chi connectivity index (χ0n) is 13.7. The van der Waals surface area contributed by atoms with Crippen molar-refractivity contribution in [2.45, 2.75) is 25.1 Å². The number of likely N-dealkylation sites (tertiary alicyclic amines) is 1. The van der Waals surface area contributed by atoms with Crippen molar-refractivity contribution in [3.8, 4) is 0 Å². The largest absolute Gasteiger partial charge is 0.378 e. The minimum atomic E-state index is -0.775. The van der Waals surface area contributed by atoms with E-state index in [2.05, 4.69) is 0 Å². The van der Waals surface area contributed by atoms with Gasteiger partial charge in [-0.2, -0.15) is 0 Å². The number of aliphatic hydroxyl groups excluding tert-OH is 1. The van der Waals surface area contributed by atoms with E-state index in [-0.39, 0.29) is 11.9 Å². The Balaban J connectivity index is 1.77. The number of anilines is 1. The van der Waals surface area contributed by atoms with Gasteiger partial charge >= 0.3 is 0 Å². The molecule has 1 heterocycles. The Morgan fingerprint density at radius 3 is 2.17 bits per heavy atom. The van der Waals surface area contributed by atoms with Crippen molar-refractivity contribution in [2.75, 3.05) is 19.0 Å². The van der Waals surface area contributed by atoms with Gasteiger partial charge in [-0.15, -0.1) is 0 Å². The SMILES string of the molecule is CC(c1ccccc1)N1C(=O)C(c2ccc(N(C)C)cc2)C1O. The molecule has 2 aromatic carbocycles. The molecule has 3 rings (SSSR count). The molecule has 0 saturated carbocycles. The molecule has 3 unspecified atom stereocenters. The number of nitrogens with zero attached hydrogens (tertiary/aromatic N) is 2. The lowest BCUT2D eigenvalue weighted by Crippen LogP contribution is -2.59. The van der Waals surface area contributed by atoms with Gasteiger partial charge in [-0.1, -0.05) is 42.5 Å². The van der Waals surface area contributed by atoms with Gasteiger partial charge < -0.3 is 14.9 Å². The van der Waals surface area contributed by atoms with E-state index >= 15 is 0 Å². The van der Waals surface area contributed by atoms with Gasteiger partial charge in [-0.05, 0) is 30.2 Å². The van der Waals surface area contributed by atoms with Crippen LogP contribution in [0.5, 0.6) is 0 Å². The summed E-state index contributed by atoms with van der Waals surface area (Å²) in [6, 6.07) is 17.4. The van der Waals surface area contributed by atoms with Gasteiger partial charge in [0.15, 0.2) is 0 Å². The molecular formula is C19H22N2O2. The molecule has 1 aliphatic heterocycles. The quantitative estimate of drug-likeness (QED) is 0.883. The van der Waals surface area contributed by atoms with E-state index < -0.39 is 12.1 Å². The predicted octanol–water partition coefficient (Wildman–Crippen LogP) is 2.76. The second-order valence-electron chi connectivity index (χ2n) is 6.21. The number of β-lactam (4-membered cyclic amide) rings is 1. The van der Waals surface area contributed by atoms with Crippen molar-refractivity contribution in [3.05, 3.63) is 65.7 Å². The number of carbonyl (C=O) groups excluding carboxylic acids is 1. The maximum absolute atomic E-state index is 12.6.